The standard InChI is InChI=1S/C12H14N2O3/c15-7-8-3-4-11(17-8)14-5-1-2-9-10(14)6-13-12(9)16/h3-4,7,9-10H,1-2,5-6H2,(H,13,16). The third kappa shape index (κ3) is 1.62. The second-order valence-corrected chi connectivity index (χ2v) is 4.55. The Bertz CT molecular complexity index is 454. The van der Waals surface area contributed by atoms with Gasteiger partial charge in [-0.1, -0.05) is 0 Å². The molecule has 1 aromatic rings. The highest BCUT2D eigenvalue weighted by Crippen LogP contribution is 2.32. The number of piperidine rings is 1. The number of hydrogen-bond donors (Lipinski definition) is 1. The highest BCUT2D eigenvalue weighted by molar-refractivity contribution is 5.83. The summed E-state index contributed by atoms with van der Waals surface area (Å²) >= 11 is 0. The van der Waals surface area contributed by atoms with Crippen LogP contribution in [0.2, 0.25) is 0 Å². The summed E-state index contributed by atoms with van der Waals surface area (Å²) in [5.74, 6) is 1.23. The highest BCUT2D eigenvalue weighted by Gasteiger charge is 2.41. The van der Waals surface area contributed by atoms with Crippen molar-refractivity contribution in [3.63, 3.8) is 0 Å². The van der Waals surface area contributed by atoms with E-state index in [-0.39, 0.29) is 17.9 Å². The molecule has 2 atom stereocenters. The molecule has 2 unspecified atom stereocenters. The average Bonchev–Trinajstić information content (AvgIpc) is 2.96. The van der Waals surface area contributed by atoms with E-state index < -0.39 is 0 Å². The van der Waals surface area contributed by atoms with E-state index in [1.165, 1.54) is 0 Å². The van der Waals surface area contributed by atoms with E-state index in [2.05, 4.69) is 10.2 Å². The zero-order valence-electron chi connectivity index (χ0n) is 9.39. The highest BCUT2D eigenvalue weighted by atomic mass is 16.4. The van der Waals surface area contributed by atoms with Crippen LogP contribution in [-0.4, -0.2) is 31.3 Å². The van der Waals surface area contributed by atoms with Gasteiger partial charge < -0.3 is 14.6 Å². The molecule has 0 aliphatic carbocycles. The zero-order valence-corrected chi connectivity index (χ0v) is 9.39. The molecule has 0 radical (unpaired) electrons. The van der Waals surface area contributed by atoms with E-state index in [9.17, 15) is 9.59 Å². The minimum atomic E-state index is 0.0635. The fraction of sp³-hybridized carbons (Fsp3) is 0.500. The number of carbonyl (C=O) groups excluding carboxylic acids is 2. The number of amides is 1. The molecule has 2 saturated heterocycles. The van der Waals surface area contributed by atoms with E-state index >= 15 is 0 Å². The van der Waals surface area contributed by atoms with Gasteiger partial charge in [0.1, 0.15) is 0 Å². The molecule has 1 N–H and O–H groups in total. The summed E-state index contributed by atoms with van der Waals surface area (Å²) in [6, 6.07) is 3.63. The number of aldehydes is 1. The van der Waals surface area contributed by atoms with Crippen LogP contribution >= 0.6 is 0 Å². The first-order valence-electron chi connectivity index (χ1n) is 5.89. The second kappa shape index (κ2) is 3.91. The summed E-state index contributed by atoms with van der Waals surface area (Å²) in [6.07, 6.45) is 2.61. The number of rotatable bonds is 2. The molecule has 5 heteroatoms. The molecule has 0 spiro atoms. The lowest BCUT2D eigenvalue weighted by atomic mass is 9.91. The molecule has 3 heterocycles. The van der Waals surface area contributed by atoms with Gasteiger partial charge >= 0.3 is 0 Å². The van der Waals surface area contributed by atoms with E-state index in [1.807, 2.05) is 0 Å². The van der Waals surface area contributed by atoms with Crippen LogP contribution in [-0.2, 0) is 4.79 Å². The molecule has 0 saturated carbocycles. The SMILES string of the molecule is O=Cc1ccc(N2CCCC3C(=O)NCC32)o1. The van der Waals surface area contributed by atoms with Crippen LogP contribution in [0.5, 0.6) is 0 Å². The zero-order chi connectivity index (χ0) is 11.8. The van der Waals surface area contributed by atoms with Crippen LogP contribution in [0.25, 0.3) is 0 Å². The van der Waals surface area contributed by atoms with Gasteiger partial charge in [0.25, 0.3) is 0 Å². The molecule has 90 valence electrons. The molecule has 0 aromatic carbocycles. The minimum absolute atomic E-state index is 0.0635. The van der Waals surface area contributed by atoms with Crippen molar-refractivity contribution in [3.05, 3.63) is 17.9 Å². The quantitative estimate of drug-likeness (QED) is 0.769. The van der Waals surface area contributed by atoms with Gasteiger partial charge in [0.15, 0.2) is 17.9 Å². The summed E-state index contributed by atoms with van der Waals surface area (Å²) in [5, 5.41) is 2.89. The van der Waals surface area contributed by atoms with Crippen molar-refractivity contribution in [2.75, 3.05) is 18.0 Å². The lowest BCUT2D eigenvalue weighted by Crippen LogP contribution is -2.45. The second-order valence-electron chi connectivity index (χ2n) is 4.55. The van der Waals surface area contributed by atoms with Crippen molar-refractivity contribution in [2.45, 2.75) is 18.9 Å². The first-order valence-corrected chi connectivity index (χ1v) is 5.89. The molecule has 2 aliphatic rings. The third-order valence-corrected chi connectivity index (χ3v) is 3.61. The van der Waals surface area contributed by atoms with Gasteiger partial charge in [-0.25, -0.2) is 0 Å². The van der Waals surface area contributed by atoms with E-state index in [4.69, 9.17) is 4.42 Å². The molecule has 3 rings (SSSR count). The Balaban J connectivity index is 1.87. The fourth-order valence-corrected chi connectivity index (χ4v) is 2.79. The van der Waals surface area contributed by atoms with Gasteiger partial charge in [-0.2, -0.15) is 0 Å². The molecule has 1 amide bonds. The minimum Gasteiger partial charge on any atom is -0.438 e. The number of hydrogen-bond acceptors (Lipinski definition) is 4. The maximum absolute atomic E-state index is 11.6. The number of nitrogens with zero attached hydrogens (tertiary/aromatic N) is 1. The molecular weight excluding hydrogens is 220 g/mol. The number of carbonyl (C=O) groups is 2. The summed E-state index contributed by atoms with van der Waals surface area (Å²) in [7, 11) is 0. The van der Waals surface area contributed by atoms with Gasteiger partial charge in [-0.05, 0) is 18.9 Å². The Morgan fingerprint density at radius 1 is 1.47 bits per heavy atom. The van der Waals surface area contributed by atoms with Crippen LogP contribution < -0.4 is 10.2 Å². The van der Waals surface area contributed by atoms with Crippen molar-refractivity contribution in [2.24, 2.45) is 5.92 Å². The first-order chi connectivity index (χ1) is 8.29. The molecule has 0 bridgehead atoms. The third-order valence-electron chi connectivity index (χ3n) is 3.61. The number of fused-ring (bicyclic) bond motifs is 1. The van der Waals surface area contributed by atoms with Gasteiger partial charge in [-0.3, -0.25) is 9.59 Å². The number of nitrogens with one attached hydrogen (secondary N) is 1. The van der Waals surface area contributed by atoms with Gasteiger partial charge in [-0.15, -0.1) is 0 Å². The molecule has 1 aromatic heterocycles. The number of anilines is 1. The van der Waals surface area contributed by atoms with Crippen molar-refractivity contribution in [1.29, 1.82) is 0 Å². The van der Waals surface area contributed by atoms with Crippen LogP contribution in [0.3, 0.4) is 0 Å². The normalized spacial score (nSPS) is 27.8. The van der Waals surface area contributed by atoms with Crippen LogP contribution in [0.1, 0.15) is 23.4 Å². The Morgan fingerprint density at radius 3 is 3.12 bits per heavy atom. The molecule has 2 aliphatic heterocycles. The predicted molar refractivity (Wildman–Crippen MR) is 61.0 cm³/mol. The summed E-state index contributed by atoms with van der Waals surface area (Å²) in [4.78, 5) is 24.3. The predicted octanol–water partition coefficient (Wildman–Crippen LogP) is 0.807. The van der Waals surface area contributed by atoms with Gasteiger partial charge in [0, 0.05) is 19.2 Å². The van der Waals surface area contributed by atoms with E-state index in [1.54, 1.807) is 12.1 Å². The lowest BCUT2D eigenvalue weighted by Gasteiger charge is -2.35. The van der Waals surface area contributed by atoms with Crippen LogP contribution in [0, 0.1) is 5.92 Å². The van der Waals surface area contributed by atoms with Gasteiger partial charge in [0.05, 0.1) is 12.0 Å². The fourth-order valence-electron chi connectivity index (χ4n) is 2.79. The summed E-state index contributed by atoms with van der Waals surface area (Å²) in [5.41, 5.74) is 0. The maximum Gasteiger partial charge on any atom is 0.225 e. The van der Waals surface area contributed by atoms with E-state index in [0.29, 0.717) is 24.5 Å². The molecule has 17 heavy (non-hydrogen) atoms. The molecule has 2 fully saturated rings. The largest absolute Gasteiger partial charge is 0.438 e. The maximum atomic E-state index is 11.6. The van der Waals surface area contributed by atoms with Crippen molar-refractivity contribution >= 4 is 18.1 Å². The smallest absolute Gasteiger partial charge is 0.225 e. The number of furan rings is 1. The van der Waals surface area contributed by atoms with E-state index in [0.717, 1.165) is 19.4 Å². The monoisotopic (exact) mass is 234 g/mol. The van der Waals surface area contributed by atoms with Crippen LogP contribution in [0.15, 0.2) is 16.5 Å². The summed E-state index contributed by atoms with van der Waals surface area (Å²) in [6.45, 7) is 1.54. The van der Waals surface area contributed by atoms with Crippen LogP contribution in [0.4, 0.5) is 5.88 Å². The Hall–Kier alpha value is -1.78. The Kier molecular flexibility index (Phi) is 2.39. The Labute approximate surface area is 98.8 Å². The van der Waals surface area contributed by atoms with Crippen molar-refractivity contribution in [1.82, 2.24) is 5.32 Å². The van der Waals surface area contributed by atoms with Gasteiger partial charge in [0.2, 0.25) is 5.91 Å². The first kappa shape index (κ1) is 10.4. The Morgan fingerprint density at radius 2 is 2.35 bits per heavy atom. The lowest BCUT2D eigenvalue weighted by molar-refractivity contribution is -0.123. The summed E-state index contributed by atoms with van der Waals surface area (Å²) < 4.78 is 5.43. The molecular formula is C12H14N2O3. The van der Waals surface area contributed by atoms with Crippen molar-refractivity contribution in [3.8, 4) is 0 Å². The van der Waals surface area contributed by atoms with Crippen molar-refractivity contribution < 1.29 is 14.0 Å². The molecule has 5 nitrogen and oxygen atoms in total. The topological polar surface area (TPSA) is 62.6 Å². The average molecular weight is 234 g/mol.